The molecule has 5 rings (SSSR count). The van der Waals surface area contributed by atoms with Crippen LogP contribution in [0.5, 0.6) is 0 Å². The Labute approximate surface area is 165 Å². The van der Waals surface area contributed by atoms with E-state index in [-0.39, 0.29) is 5.91 Å². The number of nitrogens with one attached hydrogen (secondary N) is 2. The molecule has 28 heavy (non-hydrogen) atoms. The number of nitrogens with two attached hydrogens (primary N) is 1. The number of amides is 1. The third-order valence-electron chi connectivity index (χ3n) is 5.40. The molecule has 4 aromatic rings. The van der Waals surface area contributed by atoms with Crippen LogP contribution in [0, 0.1) is 0 Å². The maximum atomic E-state index is 11.9. The van der Waals surface area contributed by atoms with Gasteiger partial charge in [-0.05, 0) is 31.4 Å². The fraction of sp³-hybridized carbons (Fsp3) is 0.263. The molecule has 8 nitrogen and oxygen atoms in total. The number of hydrogen-bond acceptors (Lipinski definition) is 5. The lowest BCUT2D eigenvalue weighted by molar-refractivity contribution is 0.0963. The third kappa shape index (κ3) is 2.37. The second-order valence-corrected chi connectivity index (χ2v) is 7.37. The lowest BCUT2D eigenvalue weighted by Gasteiger charge is -2.25. The van der Waals surface area contributed by atoms with Crippen LogP contribution in [0.15, 0.2) is 24.5 Å². The van der Waals surface area contributed by atoms with E-state index in [1.807, 2.05) is 10.7 Å². The van der Waals surface area contributed by atoms with Crippen LogP contribution in [0.2, 0.25) is 5.02 Å². The monoisotopic (exact) mass is 395 g/mol. The van der Waals surface area contributed by atoms with Gasteiger partial charge in [-0.15, -0.1) is 0 Å². The van der Waals surface area contributed by atoms with Gasteiger partial charge in [-0.25, -0.2) is 14.6 Å². The highest BCUT2D eigenvalue weighted by Gasteiger charge is 2.28. The number of halogens is 1. The summed E-state index contributed by atoms with van der Waals surface area (Å²) < 4.78 is 1.93. The van der Waals surface area contributed by atoms with Crippen LogP contribution in [-0.2, 0) is 0 Å². The van der Waals surface area contributed by atoms with Gasteiger partial charge in [-0.1, -0.05) is 17.7 Å². The van der Waals surface area contributed by atoms with E-state index in [9.17, 15) is 4.79 Å². The highest BCUT2D eigenvalue weighted by Crippen LogP contribution is 2.41. The number of nitrogens with zero attached hydrogens (tertiary/aromatic N) is 4. The molecule has 1 fully saturated rings. The molecule has 1 amide bonds. The summed E-state index contributed by atoms with van der Waals surface area (Å²) in [5.74, 6) is 0.206. The third-order valence-corrected chi connectivity index (χ3v) is 5.79. The maximum absolute atomic E-state index is 11.9. The first kappa shape index (κ1) is 17.0. The minimum absolute atomic E-state index is 0.161. The second-order valence-electron chi connectivity index (χ2n) is 6.99. The van der Waals surface area contributed by atoms with Crippen molar-refractivity contribution in [2.75, 3.05) is 12.8 Å². The van der Waals surface area contributed by atoms with Crippen LogP contribution in [0.4, 0.5) is 5.82 Å². The fourth-order valence-electron chi connectivity index (χ4n) is 3.67. The highest BCUT2D eigenvalue weighted by atomic mass is 35.5. The molecule has 3 heterocycles. The van der Waals surface area contributed by atoms with Crippen molar-refractivity contribution in [1.82, 2.24) is 30.0 Å². The SMILES string of the molecule is CNC(=O)c1ccc2c(Cl)c(-c3nn(C4CCC4)c4ncnc(N)c34)[nH]c2c1. The molecule has 0 unspecified atom stereocenters. The Kier molecular flexibility index (Phi) is 3.77. The first-order valence-corrected chi connectivity index (χ1v) is 9.48. The number of nitrogen functional groups attached to an aromatic ring is 1. The van der Waals surface area contributed by atoms with Crippen LogP contribution < -0.4 is 11.1 Å². The van der Waals surface area contributed by atoms with Crippen molar-refractivity contribution in [3.8, 4) is 11.4 Å². The molecule has 0 bridgehead atoms. The predicted molar refractivity (Wildman–Crippen MR) is 108 cm³/mol. The Morgan fingerprint density at radius 3 is 2.89 bits per heavy atom. The van der Waals surface area contributed by atoms with Gasteiger partial charge in [0.1, 0.15) is 17.8 Å². The predicted octanol–water partition coefficient (Wildman–Crippen LogP) is 3.29. The summed E-state index contributed by atoms with van der Waals surface area (Å²) in [6.07, 6.45) is 4.77. The van der Waals surface area contributed by atoms with E-state index >= 15 is 0 Å². The molecule has 0 spiro atoms. The lowest BCUT2D eigenvalue weighted by atomic mass is 9.93. The number of carbonyl (C=O) groups is 1. The molecular weight excluding hydrogens is 378 g/mol. The number of aromatic amines is 1. The second kappa shape index (κ2) is 6.20. The zero-order valence-electron chi connectivity index (χ0n) is 15.2. The van der Waals surface area contributed by atoms with Crippen LogP contribution in [0.1, 0.15) is 35.7 Å². The van der Waals surface area contributed by atoms with Gasteiger partial charge in [0.05, 0.1) is 22.1 Å². The Morgan fingerprint density at radius 1 is 1.36 bits per heavy atom. The summed E-state index contributed by atoms with van der Waals surface area (Å²) in [5, 5.41) is 9.47. The number of rotatable bonds is 3. The van der Waals surface area contributed by atoms with Crippen molar-refractivity contribution >= 4 is 45.3 Å². The van der Waals surface area contributed by atoms with Crippen LogP contribution in [0.25, 0.3) is 33.3 Å². The standard InChI is InChI=1S/C19H18ClN7O/c1-22-19(28)9-5-6-11-12(7-9)25-16(14(11)20)15-13-17(21)23-8-24-18(13)27(26-15)10-3-2-4-10/h5-8,10,25H,2-4H2,1H3,(H,22,28)(H2,21,23,24). The molecule has 4 N–H and O–H groups in total. The highest BCUT2D eigenvalue weighted by molar-refractivity contribution is 6.38. The summed E-state index contributed by atoms with van der Waals surface area (Å²) in [6, 6.07) is 5.66. The molecule has 1 aliphatic rings. The van der Waals surface area contributed by atoms with Crippen molar-refractivity contribution in [3.05, 3.63) is 35.1 Å². The van der Waals surface area contributed by atoms with E-state index in [0.717, 1.165) is 23.7 Å². The van der Waals surface area contributed by atoms with Gasteiger partial charge >= 0.3 is 0 Å². The Morgan fingerprint density at radius 2 is 2.18 bits per heavy atom. The summed E-state index contributed by atoms with van der Waals surface area (Å²) >= 11 is 6.68. The Bertz CT molecular complexity index is 1240. The average Bonchev–Trinajstić information content (AvgIpc) is 3.19. The van der Waals surface area contributed by atoms with E-state index in [1.165, 1.54) is 12.7 Å². The van der Waals surface area contributed by atoms with E-state index in [2.05, 4.69) is 20.3 Å². The van der Waals surface area contributed by atoms with Gasteiger partial charge < -0.3 is 16.0 Å². The first-order chi connectivity index (χ1) is 13.6. The van der Waals surface area contributed by atoms with Crippen molar-refractivity contribution < 1.29 is 4.79 Å². The number of aromatic nitrogens is 5. The zero-order valence-corrected chi connectivity index (χ0v) is 15.9. The van der Waals surface area contributed by atoms with Crippen molar-refractivity contribution in [2.45, 2.75) is 25.3 Å². The van der Waals surface area contributed by atoms with Crippen LogP contribution in [-0.4, -0.2) is 37.7 Å². The molecule has 0 saturated heterocycles. The van der Waals surface area contributed by atoms with Crippen LogP contribution in [0.3, 0.4) is 0 Å². The van der Waals surface area contributed by atoms with Gasteiger partial charge in [-0.3, -0.25) is 4.79 Å². The van der Waals surface area contributed by atoms with Gasteiger partial charge in [0.2, 0.25) is 0 Å². The molecule has 0 radical (unpaired) electrons. The molecule has 0 aliphatic heterocycles. The lowest BCUT2D eigenvalue weighted by Crippen LogP contribution is -2.18. The number of H-pyrrole nitrogens is 1. The summed E-state index contributed by atoms with van der Waals surface area (Å²) in [7, 11) is 1.60. The molecular formula is C19H18ClN7O. The normalized spacial score (nSPS) is 14.5. The maximum Gasteiger partial charge on any atom is 0.251 e. The minimum Gasteiger partial charge on any atom is -0.383 e. The molecule has 142 valence electrons. The molecule has 9 heteroatoms. The van der Waals surface area contributed by atoms with E-state index in [1.54, 1.807) is 19.2 Å². The summed E-state index contributed by atoms with van der Waals surface area (Å²) in [5.41, 5.74) is 9.47. The van der Waals surface area contributed by atoms with Crippen molar-refractivity contribution in [1.29, 1.82) is 0 Å². The van der Waals surface area contributed by atoms with E-state index in [4.69, 9.17) is 22.4 Å². The molecule has 1 aromatic carbocycles. The fourth-order valence-corrected chi connectivity index (χ4v) is 3.97. The van der Waals surface area contributed by atoms with Gasteiger partial charge in [0, 0.05) is 23.5 Å². The van der Waals surface area contributed by atoms with Gasteiger partial charge in [-0.2, -0.15) is 5.10 Å². The van der Waals surface area contributed by atoms with Gasteiger partial charge in [0.25, 0.3) is 5.91 Å². The number of fused-ring (bicyclic) bond motifs is 2. The average molecular weight is 396 g/mol. The zero-order chi connectivity index (χ0) is 19.4. The Balaban J connectivity index is 1.75. The van der Waals surface area contributed by atoms with Crippen molar-refractivity contribution in [2.24, 2.45) is 0 Å². The minimum atomic E-state index is -0.161. The molecule has 1 saturated carbocycles. The van der Waals surface area contributed by atoms with Crippen molar-refractivity contribution in [3.63, 3.8) is 0 Å². The number of anilines is 1. The summed E-state index contributed by atoms with van der Waals surface area (Å²) in [4.78, 5) is 23.8. The quantitative estimate of drug-likeness (QED) is 0.492. The largest absolute Gasteiger partial charge is 0.383 e. The number of hydrogen-bond donors (Lipinski definition) is 3. The Hall–Kier alpha value is -3.13. The molecule has 0 atom stereocenters. The molecule has 1 aliphatic carbocycles. The van der Waals surface area contributed by atoms with E-state index < -0.39 is 0 Å². The van der Waals surface area contributed by atoms with Crippen LogP contribution >= 0.6 is 11.6 Å². The molecule has 3 aromatic heterocycles. The number of benzene rings is 1. The van der Waals surface area contributed by atoms with E-state index in [0.29, 0.717) is 44.9 Å². The number of carbonyl (C=O) groups excluding carboxylic acids is 1. The summed E-state index contributed by atoms with van der Waals surface area (Å²) in [6.45, 7) is 0. The van der Waals surface area contributed by atoms with Gasteiger partial charge in [0.15, 0.2) is 5.65 Å². The topological polar surface area (TPSA) is 115 Å². The smallest absolute Gasteiger partial charge is 0.251 e. The first-order valence-electron chi connectivity index (χ1n) is 9.11.